The Morgan fingerprint density at radius 3 is 2.19 bits per heavy atom. The van der Waals surface area contributed by atoms with Gasteiger partial charge < -0.3 is 5.32 Å². The highest BCUT2D eigenvalue weighted by molar-refractivity contribution is 7.92. The molecule has 0 aromatic heterocycles. The van der Waals surface area contributed by atoms with Crippen molar-refractivity contribution in [2.45, 2.75) is 32.9 Å². The number of carbonyl (C=O) groups is 1. The molecule has 1 unspecified atom stereocenters. The van der Waals surface area contributed by atoms with E-state index in [2.05, 4.69) is 24.4 Å². The van der Waals surface area contributed by atoms with E-state index >= 15 is 0 Å². The van der Waals surface area contributed by atoms with E-state index in [4.69, 9.17) is 11.6 Å². The van der Waals surface area contributed by atoms with Gasteiger partial charge in [0.1, 0.15) is 0 Å². The second kappa shape index (κ2) is 10.2. The molecule has 0 saturated carbocycles. The van der Waals surface area contributed by atoms with Gasteiger partial charge in [0.15, 0.2) is 0 Å². The third-order valence-electron chi connectivity index (χ3n) is 5.33. The zero-order chi connectivity index (χ0) is 23.3. The molecule has 1 amide bonds. The maximum absolute atomic E-state index is 12.7. The van der Waals surface area contributed by atoms with Crippen molar-refractivity contribution in [3.63, 3.8) is 0 Å². The summed E-state index contributed by atoms with van der Waals surface area (Å²) in [5, 5.41) is 3.49. The maximum Gasteiger partial charge on any atom is 0.251 e. The average molecular weight is 471 g/mol. The Kier molecular flexibility index (Phi) is 7.59. The van der Waals surface area contributed by atoms with Crippen LogP contribution in [0.25, 0.3) is 0 Å². The molecule has 0 saturated heterocycles. The molecule has 0 heterocycles. The first-order valence-electron chi connectivity index (χ1n) is 10.4. The highest BCUT2D eigenvalue weighted by atomic mass is 35.5. The van der Waals surface area contributed by atoms with E-state index in [1.165, 1.54) is 9.87 Å². The minimum atomic E-state index is -3.55. The first kappa shape index (κ1) is 23.8. The third kappa shape index (κ3) is 5.90. The molecular formula is C25H27ClN2O3S. The van der Waals surface area contributed by atoms with Gasteiger partial charge >= 0.3 is 0 Å². The van der Waals surface area contributed by atoms with Crippen LogP contribution < -0.4 is 9.62 Å². The van der Waals surface area contributed by atoms with E-state index in [1.54, 1.807) is 42.5 Å². The Balaban J connectivity index is 1.75. The van der Waals surface area contributed by atoms with Gasteiger partial charge in [-0.1, -0.05) is 61.0 Å². The molecule has 168 valence electrons. The average Bonchev–Trinajstić information content (AvgIpc) is 2.78. The van der Waals surface area contributed by atoms with Crippen molar-refractivity contribution < 1.29 is 13.2 Å². The van der Waals surface area contributed by atoms with Crippen molar-refractivity contribution in [3.8, 4) is 0 Å². The number of carbonyl (C=O) groups excluding carboxylic acids is 1. The summed E-state index contributed by atoms with van der Waals surface area (Å²) in [6.07, 6.45) is 2.12. The summed E-state index contributed by atoms with van der Waals surface area (Å²) in [5.74, 6) is -0.222. The lowest BCUT2D eigenvalue weighted by Gasteiger charge is -2.23. The Hall–Kier alpha value is -2.83. The molecule has 0 aliphatic heterocycles. The fourth-order valence-corrected chi connectivity index (χ4v) is 4.44. The standard InChI is InChI=1S/C25H27ClN2O3S/c1-4-19-9-11-20(12-10-19)18(2)27-25(29)21-13-15-23(16-14-21)28(32(3,30)31)17-22-7-5-6-8-24(22)26/h5-16,18H,4,17H2,1-3H3,(H,27,29). The molecule has 3 aromatic carbocycles. The number of hydrogen-bond acceptors (Lipinski definition) is 3. The normalized spacial score (nSPS) is 12.2. The smallest absolute Gasteiger partial charge is 0.251 e. The number of anilines is 1. The van der Waals surface area contributed by atoms with Crippen molar-refractivity contribution in [1.82, 2.24) is 5.32 Å². The zero-order valence-electron chi connectivity index (χ0n) is 18.4. The summed E-state index contributed by atoms with van der Waals surface area (Å²) >= 11 is 6.21. The maximum atomic E-state index is 12.7. The number of sulfonamides is 1. The highest BCUT2D eigenvalue weighted by Gasteiger charge is 2.20. The van der Waals surface area contributed by atoms with Gasteiger partial charge in [-0.3, -0.25) is 9.10 Å². The van der Waals surface area contributed by atoms with Crippen LogP contribution in [0.4, 0.5) is 5.69 Å². The van der Waals surface area contributed by atoms with Crippen LogP contribution in [0.2, 0.25) is 5.02 Å². The van der Waals surface area contributed by atoms with E-state index in [0.717, 1.165) is 18.2 Å². The summed E-state index contributed by atoms with van der Waals surface area (Å²) in [6, 6.07) is 21.6. The van der Waals surface area contributed by atoms with E-state index in [-0.39, 0.29) is 18.5 Å². The molecule has 0 aliphatic rings. The lowest BCUT2D eigenvalue weighted by atomic mass is 10.0. The number of nitrogens with one attached hydrogen (secondary N) is 1. The summed E-state index contributed by atoms with van der Waals surface area (Å²) in [4.78, 5) is 12.7. The molecule has 5 nitrogen and oxygen atoms in total. The first-order chi connectivity index (χ1) is 15.2. The fourth-order valence-electron chi connectivity index (χ4n) is 3.37. The molecule has 3 aromatic rings. The number of hydrogen-bond donors (Lipinski definition) is 1. The van der Waals surface area contributed by atoms with E-state index in [9.17, 15) is 13.2 Å². The predicted molar refractivity (Wildman–Crippen MR) is 131 cm³/mol. The van der Waals surface area contributed by atoms with Gasteiger partial charge in [0, 0.05) is 10.6 Å². The monoisotopic (exact) mass is 470 g/mol. The summed E-state index contributed by atoms with van der Waals surface area (Å²) in [5.41, 5.74) is 3.89. The molecule has 0 fully saturated rings. The third-order valence-corrected chi connectivity index (χ3v) is 6.83. The topological polar surface area (TPSA) is 66.5 Å². The lowest BCUT2D eigenvalue weighted by Crippen LogP contribution is -2.30. The number of rotatable bonds is 8. The van der Waals surface area contributed by atoms with Crippen molar-refractivity contribution >= 4 is 33.2 Å². The minimum absolute atomic E-state index is 0.106. The number of amides is 1. The number of nitrogens with zero attached hydrogens (tertiary/aromatic N) is 1. The van der Waals surface area contributed by atoms with Gasteiger partial charge in [0.05, 0.1) is 24.5 Å². The van der Waals surface area contributed by atoms with Gasteiger partial charge in [-0.25, -0.2) is 8.42 Å². The second-order valence-electron chi connectivity index (χ2n) is 7.70. The van der Waals surface area contributed by atoms with Gasteiger partial charge in [-0.15, -0.1) is 0 Å². The molecule has 1 atom stereocenters. The Morgan fingerprint density at radius 1 is 1.00 bits per heavy atom. The number of benzene rings is 3. The summed E-state index contributed by atoms with van der Waals surface area (Å²) in [7, 11) is -3.55. The SMILES string of the molecule is CCc1ccc(C(C)NC(=O)c2ccc(N(Cc3ccccc3Cl)S(C)(=O)=O)cc2)cc1. The molecule has 0 bridgehead atoms. The molecular weight excluding hydrogens is 444 g/mol. The van der Waals surface area contributed by atoms with E-state index in [0.29, 0.717) is 21.8 Å². The van der Waals surface area contributed by atoms with Crippen LogP contribution in [0.1, 0.15) is 46.9 Å². The molecule has 32 heavy (non-hydrogen) atoms. The van der Waals surface area contributed by atoms with Gasteiger partial charge in [0.25, 0.3) is 5.91 Å². The summed E-state index contributed by atoms with van der Waals surface area (Å²) in [6.45, 7) is 4.14. The molecule has 1 N–H and O–H groups in total. The molecule has 0 radical (unpaired) electrons. The van der Waals surface area contributed by atoms with Crippen LogP contribution in [0.3, 0.4) is 0 Å². The van der Waals surface area contributed by atoms with Gasteiger partial charge in [-0.05, 0) is 60.4 Å². The zero-order valence-corrected chi connectivity index (χ0v) is 20.0. The largest absolute Gasteiger partial charge is 0.346 e. The molecule has 0 spiro atoms. The van der Waals surface area contributed by atoms with Crippen molar-refractivity contribution in [1.29, 1.82) is 0 Å². The molecule has 7 heteroatoms. The van der Waals surface area contributed by atoms with Gasteiger partial charge in [-0.2, -0.15) is 0 Å². The van der Waals surface area contributed by atoms with Crippen molar-refractivity contribution in [3.05, 3.63) is 100 Å². The van der Waals surface area contributed by atoms with Gasteiger partial charge in [0.2, 0.25) is 10.0 Å². The quantitative estimate of drug-likeness (QED) is 0.482. The van der Waals surface area contributed by atoms with Crippen molar-refractivity contribution in [2.75, 3.05) is 10.6 Å². The fraction of sp³-hybridized carbons (Fsp3) is 0.240. The highest BCUT2D eigenvalue weighted by Crippen LogP contribution is 2.25. The van der Waals surface area contributed by atoms with Crippen LogP contribution in [-0.2, 0) is 23.0 Å². The second-order valence-corrected chi connectivity index (χ2v) is 10.0. The van der Waals surface area contributed by atoms with Crippen LogP contribution in [0.15, 0.2) is 72.8 Å². The predicted octanol–water partition coefficient (Wildman–Crippen LogP) is 5.36. The first-order valence-corrected chi connectivity index (χ1v) is 12.6. The molecule has 3 rings (SSSR count). The number of aryl methyl sites for hydroxylation is 1. The van der Waals surface area contributed by atoms with Crippen LogP contribution in [0.5, 0.6) is 0 Å². The Labute approximate surface area is 195 Å². The van der Waals surface area contributed by atoms with Crippen molar-refractivity contribution in [2.24, 2.45) is 0 Å². The van der Waals surface area contributed by atoms with Crippen LogP contribution >= 0.6 is 11.6 Å². The van der Waals surface area contributed by atoms with Crippen LogP contribution in [0, 0.1) is 0 Å². The van der Waals surface area contributed by atoms with Crippen LogP contribution in [-0.4, -0.2) is 20.6 Å². The van der Waals surface area contributed by atoms with E-state index < -0.39 is 10.0 Å². The Morgan fingerprint density at radius 2 is 1.62 bits per heavy atom. The lowest BCUT2D eigenvalue weighted by molar-refractivity contribution is 0.0940. The minimum Gasteiger partial charge on any atom is -0.346 e. The van der Waals surface area contributed by atoms with E-state index in [1.807, 2.05) is 25.1 Å². The molecule has 0 aliphatic carbocycles. The summed E-state index contributed by atoms with van der Waals surface area (Å²) < 4.78 is 26.1. The Bertz CT molecular complexity index is 1180. The number of halogens is 1.